The molecule has 1 fully saturated rings. The van der Waals surface area contributed by atoms with Gasteiger partial charge in [0.25, 0.3) is 0 Å². The molecule has 7 nitrogen and oxygen atoms in total. The highest BCUT2D eigenvalue weighted by atomic mass is 16.4. The monoisotopic (exact) mass is 211 g/mol. The molecule has 0 bridgehead atoms. The summed E-state index contributed by atoms with van der Waals surface area (Å²) in [5.41, 5.74) is 0. The highest BCUT2D eigenvalue weighted by Crippen LogP contribution is 2.21. The molecule has 82 valence electrons. The zero-order valence-electron chi connectivity index (χ0n) is 8.50. The molecule has 1 saturated heterocycles. The predicted molar refractivity (Wildman–Crippen MR) is 51.4 cm³/mol. The van der Waals surface area contributed by atoms with Gasteiger partial charge in [0.05, 0.1) is 0 Å². The first-order chi connectivity index (χ1) is 7.20. The summed E-state index contributed by atoms with van der Waals surface area (Å²) in [4.78, 5) is 12.8. The fourth-order valence-electron chi connectivity index (χ4n) is 1.90. The number of carboxylic acid groups (broad SMARTS) is 1. The van der Waals surface area contributed by atoms with Crippen LogP contribution in [0.25, 0.3) is 0 Å². The van der Waals surface area contributed by atoms with Crippen LogP contribution in [-0.4, -0.2) is 43.9 Å². The van der Waals surface area contributed by atoms with Crippen LogP contribution in [0, 0.1) is 0 Å². The van der Waals surface area contributed by atoms with E-state index in [1.54, 1.807) is 11.9 Å². The Morgan fingerprint density at radius 2 is 2.33 bits per heavy atom. The smallest absolute Gasteiger partial charge is 0.326 e. The van der Waals surface area contributed by atoms with Gasteiger partial charge >= 0.3 is 5.97 Å². The van der Waals surface area contributed by atoms with Crippen molar-refractivity contribution in [3.8, 4) is 0 Å². The molecule has 1 aromatic heterocycles. The van der Waals surface area contributed by atoms with E-state index in [0.717, 1.165) is 12.8 Å². The molecular formula is C8H13N5O2. The van der Waals surface area contributed by atoms with Gasteiger partial charge in [-0.3, -0.25) is 0 Å². The Hall–Kier alpha value is -1.66. The van der Waals surface area contributed by atoms with Crippen molar-refractivity contribution >= 4 is 11.9 Å². The summed E-state index contributed by atoms with van der Waals surface area (Å²) in [6.45, 7) is 0.700. The molecule has 2 heterocycles. The Morgan fingerprint density at radius 1 is 1.53 bits per heavy atom. The van der Waals surface area contributed by atoms with Crippen molar-refractivity contribution < 1.29 is 9.90 Å². The fraction of sp³-hybridized carbons (Fsp3) is 0.750. The maximum atomic E-state index is 11.1. The third-order valence-corrected chi connectivity index (χ3v) is 2.64. The predicted octanol–water partition coefficient (Wildman–Crippen LogP) is -0.346. The standard InChI is InChI=1S/C8H13N5O2/c1-12-8(9-10-11-12)13-5-3-2-4-6(13)7(14)15/h6H,2-5H2,1H3,(H,14,15). The van der Waals surface area contributed by atoms with Gasteiger partial charge in [0.1, 0.15) is 6.04 Å². The SMILES string of the molecule is Cn1nnnc1N1CCCCC1C(=O)O. The maximum Gasteiger partial charge on any atom is 0.326 e. The second-order valence-electron chi connectivity index (χ2n) is 3.65. The molecule has 15 heavy (non-hydrogen) atoms. The molecule has 1 unspecified atom stereocenters. The molecule has 2 rings (SSSR count). The van der Waals surface area contributed by atoms with E-state index in [1.165, 1.54) is 4.68 Å². The van der Waals surface area contributed by atoms with Gasteiger partial charge in [0.15, 0.2) is 0 Å². The lowest BCUT2D eigenvalue weighted by Crippen LogP contribution is -2.46. The zero-order valence-corrected chi connectivity index (χ0v) is 8.50. The van der Waals surface area contributed by atoms with Crippen molar-refractivity contribution in [2.75, 3.05) is 11.4 Å². The first-order valence-electron chi connectivity index (χ1n) is 4.92. The van der Waals surface area contributed by atoms with Crippen molar-refractivity contribution in [1.82, 2.24) is 20.2 Å². The van der Waals surface area contributed by atoms with Crippen molar-refractivity contribution in [3.63, 3.8) is 0 Å². The Balaban J connectivity index is 2.25. The number of nitrogens with zero attached hydrogens (tertiary/aromatic N) is 5. The largest absolute Gasteiger partial charge is 0.480 e. The van der Waals surface area contributed by atoms with Crippen LogP contribution in [0.5, 0.6) is 0 Å². The van der Waals surface area contributed by atoms with Crippen molar-refractivity contribution in [2.24, 2.45) is 7.05 Å². The van der Waals surface area contributed by atoms with Crippen molar-refractivity contribution in [2.45, 2.75) is 25.3 Å². The number of aromatic nitrogens is 4. The van der Waals surface area contributed by atoms with Crippen LogP contribution < -0.4 is 4.90 Å². The number of aryl methyl sites for hydroxylation is 1. The molecule has 1 aliphatic heterocycles. The molecule has 1 aromatic rings. The molecule has 0 saturated carbocycles. The van der Waals surface area contributed by atoms with Crippen LogP contribution in [-0.2, 0) is 11.8 Å². The Labute approximate surface area is 86.7 Å². The number of aliphatic carboxylic acids is 1. The molecule has 0 spiro atoms. The van der Waals surface area contributed by atoms with Gasteiger partial charge < -0.3 is 10.0 Å². The van der Waals surface area contributed by atoms with E-state index in [1.807, 2.05) is 0 Å². The lowest BCUT2D eigenvalue weighted by molar-refractivity contribution is -0.139. The highest BCUT2D eigenvalue weighted by molar-refractivity contribution is 5.77. The summed E-state index contributed by atoms with van der Waals surface area (Å²) in [7, 11) is 1.71. The summed E-state index contributed by atoms with van der Waals surface area (Å²) in [5, 5.41) is 20.1. The van der Waals surface area contributed by atoms with Crippen molar-refractivity contribution in [1.29, 1.82) is 0 Å². The van der Waals surface area contributed by atoms with E-state index in [0.29, 0.717) is 18.9 Å². The topological polar surface area (TPSA) is 84.1 Å². The van der Waals surface area contributed by atoms with Crippen molar-refractivity contribution in [3.05, 3.63) is 0 Å². The normalized spacial score (nSPS) is 21.7. The van der Waals surface area contributed by atoms with Crippen LogP contribution in [0.4, 0.5) is 5.95 Å². The Bertz CT molecular complexity index is 364. The minimum atomic E-state index is -0.808. The van der Waals surface area contributed by atoms with E-state index in [4.69, 9.17) is 5.11 Å². The zero-order chi connectivity index (χ0) is 10.8. The van der Waals surface area contributed by atoms with Gasteiger partial charge in [-0.25, -0.2) is 9.48 Å². The first-order valence-corrected chi connectivity index (χ1v) is 4.92. The Kier molecular flexibility index (Phi) is 2.53. The van der Waals surface area contributed by atoms with Crippen LogP contribution in [0.2, 0.25) is 0 Å². The number of tetrazole rings is 1. The maximum absolute atomic E-state index is 11.1. The molecule has 1 N–H and O–H groups in total. The third kappa shape index (κ3) is 1.77. The first kappa shape index (κ1) is 9.88. The second-order valence-corrected chi connectivity index (χ2v) is 3.65. The van der Waals surface area contributed by atoms with Gasteiger partial charge in [-0.05, 0) is 29.7 Å². The minimum absolute atomic E-state index is 0.497. The van der Waals surface area contributed by atoms with Gasteiger partial charge in [0.2, 0.25) is 5.95 Å². The van der Waals surface area contributed by atoms with E-state index in [-0.39, 0.29) is 0 Å². The molecule has 0 radical (unpaired) electrons. The second kappa shape index (κ2) is 3.84. The number of hydrogen-bond acceptors (Lipinski definition) is 5. The summed E-state index contributed by atoms with van der Waals surface area (Å²) in [6, 6.07) is -0.497. The van der Waals surface area contributed by atoms with E-state index >= 15 is 0 Å². The van der Waals surface area contributed by atoms with E-state index in [2.05, 4.69) is 15.5 Å². The fourth-order valence-corrected chi connectivity index (χ4v) is 1.90. The number of carboxylic acids is 1. The Morgan fingerprint density at radius 3 is 2.93 bits per heavy atom. The van der Waals surface area contributed by atoms with Crippen LogP contribution in [0.1, 0.15) is 19.3 Å². The lowest BCUT2D eigenvalue weighted by Gasteiger charge is -2.32. The number of carbonyl (C=O) groups is 1. The molecule has 0 aromatic carbocycles. The van der Waals surface area contributed by atoms with E-state index < -0.39 is 12.0 Å². The molecule has 1 atom stereocenters. The number of rotatable bonds is 2. The van der Waals surface area contributed by atoms with Crippen LogP contribution in [0.3, 0.4) is 0 Å². The molecule has 7 heteroatoms. The van der Waals surface area contributed by atoms with Gasteiger partial charge in [0, 0.05) is 13.6 Å². The van der Waals surface area contributed by atoms with Gasteiger partial charge in [-0.15, -0.1) is 0 Å². The lowest BCUT2D eigenvalue weighted by atomic mass is 10.0. The molecule has 0 aliphatic carbocycles. The number of piperidine rings is 1. The van der Waals surface area contributed by atoms with Crippen LogP contribution >= 0.6 is 0 Å². The van der Waals surface area contributed by atoms with Gasteiger partial charge in [-0.2, -0.15) is 0 Å². The molecule has 0 amide bonds. The molecular weight excluding hydrogens is 198 g/mol. The minimum Gasteiger partial charge on any atom is -0.480 e. The van der Waals surface area contributed by atoms with Gasteiger partial charge in [-0.1, -0.05) is 5.10 Å². The number of anilines is 1. The highest BCUT2D eigenvalue weighted by Gasteiger charge is 2.31. The summed E-state index contributed by atoms with van der Waals surface area (Å²) < 4.78 is 1.50. The quantitative estimate of drug-likeness (QED) is 0.720. The summed E-state index contributed by atoms with van der Waals surface area (Å²) in [5.74, 6) is -0.278. The molecule has 1 aliphatic rings. The third-order valence-electron chi connectivity index (χ3n) is 2.64. The van der Waals surface area contributed by atoms with E-state index in [9.17, 15) is 4.79 Å². The average molecular weight is 211 g/mol. The summed E-state index contributed by atoms with van der Waals surface area (Å²) in [6.07, 6.45) is 2.58. The summed E-state index contributed by atoms with van der Waals surface area (Å²) >= 11 is 0. The average Bonchev–Trinajstić information content (AvgIpc) is 2.64. The van der Waals surface area contributed by atoms with Crippen LogP contribution in [0.15, 0.2) is 0 Å². The number of hydrogen-bond donors (Lipinski definition) is 1.